The Balaban J connectivity index is 3.15. The highest BCUT2D eigenvalue weighted by Gasteiger charge is 2.18. The van der Waals surface area contributed by atoms with Gasteiger partial charge in [-0.2, -0.15) is 0 Å². The van der Waals surface area contributed by atoms with Crippen molar-refractivity contribution in [3.8, 4) is 5.75 Å². The number of methoxy groups -OCH3 is 1. The minimum absolute atomic E-state index is 0.0717. The Hall–Kier alpha value is -1.23. The van der Waals surface area contributed by atoms with Gasteiger partial charge in [0, 0.05) is 11.6 Å². The molecule has 0 bridgehead atoms. The van der Waals surface area contributed by atoms with Crippen molar-refractivity contribution in [3.05, 3.63) is 29.1 Å². The first kappa shape index (κ1) is 11.8. The van der Waals surface area contributed by atoms with Crippen LogP contribution in [0.15, 0.2) is 6.07 Å². The zero-order valence-corrected chi connectivity index (χ0v) is 8.53. The van der Waals surface area contributed by atoms with Crippen LogP contribution in [0.2, 0.25) is 0 Å². The third kappa shape index (κ3) is 2.41. The molecule has 0 unspecified atom stereocenters. The first-order valence-corrected chi connectivity index (χ1v) is 4.46. The standard InChI is InChI=1S/C10H12F3NO/c1-14-4-3-6-9(12)7(11)5-8(15-2)10(6)13/h5,14H,3-4H2,1-2H3. The van der Waals surface area contributed by atoms with Gasteiger partial charge >= 0.3 is 0 Å². The summed E-state index contributed by atoms with van der Waals surface area (Å²) in [5.41, 5.74) is -0.291. The molecule has 0 atom stereocenters. The fourth-order valence-corrected chi connectivity index (χ4v) is 1.25. The van der Waals surface area contributed by atoms with Gasteiger partial charge in [0.25, 0.3) is 0 Å². The fraction of sp³-hybridized carbons (Fsp3) is 0.400. The van der Waals surface area contributed by atoms with E-state index in [1.807, 2.05) is 0 Å². The van der Waals surface area contributed by atoms with Crippen molar-refractivity contribution in [1.82, 2.24) is 5.32 Å². The summed E-state index contributed by atoms with van der Waals surface area (Å²) in [5.74, 6) is -3.37. The molecule has 0 aliphatic carbocycles. The van der Waals surface area contributed by atoms with E-state index in [-0.39, 0.29) is 17.7 Å². The Morgan fingerprint density at radius 1 is 1.27 bits per heavy atom. The highest BCUT2D eigenvalue weighted by molar-refractivity contribution is 5.33. The Labute approximate surface area is 86.1 Å². The van der Waals surface area contributed by atoms with E-state index in [9.17, 15) is 13.2 Å². The second-order valence-corrected chi connectivity index (χ2v) is 3.02. The molecule has 1 N–H and O–H groups in total. The molecule has 2 nitrogen and oxygen atoms in total. The molecule has 0 amide bonds. The van der Waals surface area contributed by atoms with Gasteiger partial charge in [-0.1, -0.05) is 0 Å². The van der Waals surface area contributed by atoms with Gasteiger partial charge < -0.3 is 10.1 Å². The lowest BCUT2D eigenvalue weighted by Crippen LogP contribution is -2.13. The number of hydrogen-bond acceptors (Lipinski definition) is 2. The van der Waals surface area contributed by atoms with Gasteiger partial charge in [0.2, 0.25) is 0 Å². The minimum atomic E-state index is -1.15. The molecule has 1 aromatic rings. The predicted octanol–water partition coefficient (Wildman–Crippen LogP) is 1.87. The monoisotopic (exact) mass is 219 g/mol. The van der Waals surface area contributed by atoms with Crippen LogP contribution in [0.5, 0.6) is 5.75 Å². The molecule has 1 rings (SSSR count). The number of halogens is 3. The molecule has 0 saturated carbocycles. The zero-order chi connectivity index (χ0) is 11.4. The van der Waals surface area contributed by atoms with Crippen molar-refractivity contribution in [3.63, 3.8) is 0 Å². The van der Waals surface area contributed by atoms with Crippen molar-refractivity contribution in [2.24, 2.45) is 0 Å². The maximum absolute atomic E-state index is 13.5. The summed E-state index contributed by atoms with van der Waals surface area (Å²) in [6.45, 7) is 0.362. The second-order valence-electron chi connectivity index (χ2n) is 3.02. The lowest BCUT2D eigenvalue weighted by molar-refractivity contribution is 0.371. The molecule has 0 aromatic heterocycles. The largest absolute Gasteiger partial charge is 0.494 e. The Bertz CT molecular complexity index is 355. The van der Waals surface area contributed by atoms with E-state index < -0.39 is 17.5 Å². The number of benzene rings is 1. The number of hydrogen-bond donors (Lipinski definition) is 1. The SMILES string of the molecule is CNCCc1c(F)c(F)cc(OC)c1F. The minimum Gasteiger partial charge on any atom is -0.494 e. The van der Waals surface area contributed by atoms with E-state index >= 15 is 0 Å². The molecule has 0 saturated heterocycles. The lowest BCUT2D eigenvalue weighted by atomic mass is 10.1. The molecule has 0 aliphatic rings. The maximum atomic E-state index is 13.5. The van der Waals surface area contributed by atoms with Gasteiger partial charge in [0.1, 0.15) is 0 Å². The summed E-state index contributed by atoms with van der Waals surface area (Å²) in [6.07, 6.45) is 0.0717. The number of rotatable bonds is 4. The van der Waals surface area contributed by atoms with Gasteiger partial charge in [0.05, 0.1) is 7.11 Å². The zero-order valence-electron chi connectivity index (χ0n) is 8.53. The van der Waals surface area contributed by atoms with Crippen LogP contribution < -0.4 is 10.1 Å². The summed E-state index contributed by atoms with van der Waals surface area (Å²) >= 11 is 0. The molecule has 0 heterocycles. The van der Waals surface area contributed by atoms with Crippen LogP contribution in [0.1, 0.15) is 5.56 Å². The smallest absolute Gasteiger partial charge is 0.171 e. The molecule has 84 valence electrons. The Morgan fingerprint density at radius 2 is 1.93 bits per heavy atom. The van der Waals surface area contributed by atoms with Crippen molar-refractivity contribution in [1.29, 1.82) is 0 Å². The molecule has 0 spiro atoms. The number of ether oxygens (including phenoxy) is 1. The van der Waals surface area contributed by atoms with E-state index in [1.165, 1.54) is 7.11 Å². The summed E-state index contributed by atoms with van der Waals surface area (Å²) in [7, 11) is 2.85. The molecule has 5 heteroatoms. The van der Waals surface area contributed by atoms with Crippen LogP contribution in [0, 0.1) is 17.5 Å². The third-order valence-electron chi connectivity index (χ3n) is 2.06. The van der Waals surface area contributed by atoms with Crippen LogP contribution in [0.25, 0.3) is 0 Å². The fourth-order valence-electron chi connectivity index (χ4n) is 1.25. The van der Waals surface area contributed by atoms with Gasteiger partial charge in [-0.15, -0.1) is 0 Å². The normalized spacial score (nSPS) is 10.5. The third-order valence-corrected chi connectivity index (χ3v) is 2.06. The molecular formula is C10H12F3NO. The van der Waals surface area contributed by atoms with E-state index in [0.29, 0.717) is 12.6 Å². The highest BCUT2D eigenvalue weighted by Crippen LogP contribution is 2.25. The van der Waals surface area contributed by atoms with Crippen LogP contribution in [0.4, 0.5) is 13.2 Å². The lowest BCUT2D eigenvalue weighted by Gasteiger charge is -2.09. The average Bonchev–Trinajstić information content (AvgIpc) is 2.23. The highest BCUT2D eigenvalue weighted by atomic mass is 19.2. The summed E-state index contributed by atoms with van der Waals surface area (Å²) in [5, 5.41) is 2.73. The molecular weight excluding hydrogens is 207 g/mol. The summed E-state index contributed by atoms with van der Waals surface area (Å²) in [4.78, 5) is 0. The molecule has 1 aromatic carbocycles. The first-order chi connectivity index (χ1) is 7.11. The van der Waals surface area contributed by atoms with E-state index in [2.05, 4.69) is 10.1 Å². The van der Waals surface area contributed by atoms with Crippen LogP contribution in [0.3, 0.4) is 0 Å². The Kier molecular flexibility index (Phi) is 3.96. The van der Waals surface area contributed by atoms with Crippen molar-refractivity contribution in [2.75, 3.05) is 20.7 Å². The van der Waals surface area contributed by atoms with Gasteiger partial charge in [-0.3, -0.25) is 0 Å². The van der Waals surface area contributed by atoms with Gasteiger partial charge in [0.15, 0.2) is 23.2 Å². The van der Waals surface area contributed by atoms with Gasteiger partial charge in [-0.05, 0) is 20.0 Å². The average molecular weight is 219 g/mol. The van der Waals surface area contributed by atoms with Crippen molar-refractivity contribution < 1.29 is 17.9 Å². The molecule has 15 heavy (non-hydrogen) atoms. The maximum Gasteiger partial charge on any atom is 0.171 e. The van der Waals surface area contributed by atoms with Crippen LogP contribution in [-0.4, -0.2) is 20.7 Å². The summed E-state index contributed by atoms with van der Waals surface area (Å²) in [6, 6.07) is 0.702. The van der Waals surface area contributed by atoms with Crippen LogP contribution in [-0.2, 0) is 6.42 Å². The topological polar surface area (TPSA) is 21.3 Å². The van der Waals surface area contributed by atoms with E-state index in [4.69, 9.17) is 0 Å². The number of likely N-dealkylation sites (N-methyl/N-ethyl adjacent to an activating group) is 1. The summed E-state index contributed by atoms with van der Waals surface area (Å²) < 4.78 is 44.3. The molecule has 0 fully saturated rings. The second kappa shape index (κ2) is 5.02. The van der Waals surface area contributed by atoms with Crippen molar-refractivity contribution in [2.45, 2.75) is 6.42 Å². The molecule has 0 radical (unpaired) electrons. The number of nitrogens with one attached hydrogen (secondary N) is 1. The first-order valence-electron chi connectivity index (χ1n) is 4.46. The molecule has 0 aliphatic heterocycles. The predicted molar refractivity (Wildman–Crippen MR) is 50.5 cm³/mol. The van der Waals surface area contributed by atoms with E-state index in [1.54, 1.807) is 7.05 Å². The quantitative estimate of drug-likeness (QED) is 0.780. The van der Waals surface area contributed by atoms with Crippen molar-refractivity contribution >= 4 is 0 Å². The van der Waals surface area contributed by atoms with Crippen LogP contribution >= 0.6 is 0 Å². The Morgan fingerprint density at radius 3 is 2.47 bits per heavy atom. The van der Waals surface area contributed by atoms with E-state index in [0.717, 1.165) is 0 Å². The van der Waals surface area contributed by atoms with Gasteiger partial charge in [-0.25, -0.2) is 13.2 Å².